The van der Waals surface area contributed by atoms with Crippen LogP contribution in [0.3, 0.4) is 0 Å². The Morgan fingerprint density at radius 1 is 1.15 bits per heavy atom. The van der Waals surface area contributed by atoms with Gasteiger partial charge in [-0.1, -0.05) is 13.8 Å². The Morgan fingerprint density at radius 3 is 1.38 bits per heavy atom. The number of rotatable bonds is 3. The van der Waals surface area contributed by atoms with Gasteiger partial charge in [0.05, 0.1) is 11.9 Å². The summed E-state index contributed by atoms with van der Waals surface area (Å²) in [5.74, 6) is -3.75. The van der Waals surface area contributed by atoms with Crippen molar-refractivity contribution in [3.63, 3.8) is 0 Å². The maximum atomic E-state index is 10.4. The molecule has 0 saturated carbocycles. The minimum Gasteiger partial charge on any atom is -0.549 e. The van der Waals surface area contributed by atoms with Crippen LogP contribution in [0, 0.1) is 11.3 Å². The number of carbonyl (C=O) groups is 2. The number of hydrogen-bond donors (Lipinski definition) is 0. The van der Waals surface area contributed by atoms with Crippen molar-refractivity contribution in [1.29, 1.82) is 0 Å². The van der Waals surface area contributed by atoms with Crippen molar-refractivity contribution in [2.24, 2.45) is 11.3 Å². The third-order valence-corrected chi connectivity index (χ3v) is 2.00. The van der Waals surface area contributed by atoms with E-state index in [-0.39, 0.29) is 48.4 Å². The van der Waals surface area contributed by atoms with Crippen molar-refractivity contribution in [3.05, 3.63) is 0 Å². The van der Waals surface area contributed by atoms with E-state index in [1.807, 2.05) is 0 Å². The molecule has 0 aromatic rings. The average Bonchev–Trinajstić information content (AvgIpc) is 1.84. The molecule has 0 bridgehead atoms. The molecule has 0 spiro atoms. The van der Waals surface area contributed by atoms with E-state index in [9.17, 15) is 19.8 Å². The van der Waals surface area contributed by atoms with Gasteiger partial charge in [0, 0.05) is 5.41 Å². The molecule has 0 saturated heterocycles. The van der Waals surface area contributed by atoms with E-state index < -0.39 is 23.3 Å². The smallest absolute Gasteiger partial charge is 0.549 e. The minimum atomic E-state index is -1.89. The Labute approximate surface area is 112 Å². The summed E-state index contributed by atoms with van der Waals surface area (Å²) in [6, 6.07) is 0. The number of aliphatic carboxylic acids is 2. The first-order chi connectivity index (χ1) is 4.83. The molecule has 64 valence electrons. The van der Waals surface area contributed by atoms with Crippen LogP contribution in [0.1, 0.15) is 20.8 Å². The van der Waals surface area contributed by atoms with Gasteiger partial charge in [-0.15, -0.1) is 0 Å². The Balaban J connectivity index is -0.000000500. The predicted octanol–water partition coefficient (Wildman–Crippen LogP) is -7.84. The molecule has 0 aromatic heterocycles. The van der Waals surface area contributed by atoms with Crippen LogP contribution in [0.15, 0.2) is 0 Å². The van der Waals surface area contributed by atoms with Gasteiger partial charge in [-0.2, -0.15) is 0 Å². The van der Waals surface area contributed by atoms with Gasteiger partial charge in [0.1, 0.15) is 0 Å². The van der Waals surface area contributed by atoms with E-state index in [4.69, 9.17) is 0 Å². The molecule has 0 fully saturated rings. The molecular weight excluding hydrogens is 178 g/mol. The summed E-state index contributed by atoms with van der Waals surface area (Å²) in [6.07, 6.45) is 0. The van der Waals surface area contributed by atoms with Crippen molar-refractivity contribution < 1.29 is 68.2 Å². The van der Waals surface area contributed by atoms with Gasteiger partial charge in [-0.3, -0.25) is 0 Å². The number of carboxylic acid groups (broad SMARTS) is 2. The second-order valence-electron chi connectivity index (χ2n) is 2.93. The second kappa shape index (κ2) is 6.91. The molecule has 0 atom stereocenters. The summed E-state index contributed by atoms with van der Waals surface area (Å²) in [5, 5.41) is 20.7. The fraction of sp³-hybridized carbons (Fsp3) is 0.714. The fourth-order valence-corrected chi connectivity index (χ4v) is 0.555. The quantitative estimate of drug-likeness (QED) is 0.325. The molecule has 0 amide bonds. The molecule has 0 unspecified atom stereocenters. The van der Waals surface area contributed by atoms with Crippen LogP contribution in [0.5, 0.6) is 0 Å². The van der Waals surface area contributed by atoms with Crippen molar-refractivity contribution in [3.8, 4) is 0 Å². The largest absolute Gasteiger partial charge is 1.00 e. The second-order valence-corrected chi connectivity index (χ2v) is 2.93. The van der Waals surface area contributed by atoms with Gasteiger partial charge in [0.15, 0.2) is 0 Å². The van der Waals surface area contributed by atoms with Gasteiger partial charge in [-0.05, 0) is 12.8 Å². The summed E-state index contributed by atoms with van der Waals surface area (Å²) in [7, 11) is 0. The first-order valence-corrected chi connectivity index (χ1v) is 3.26. The molecule has 0 rings (SSSR count). The zero-order valence-electron chi connectivity index (χ0n) is 8.71. The van der Waals surface area contributed by atoms with Crippen LogP contribution >= 0.6 is 0 Å². The molecule has 0 N–H and O–H groups in total. The number of carbonyl (C=O) groups excluding carboxylic acids is 2. The summed E-state index contributed by atoms with van der Waals surface area (Å²) >= 11 is 0. The zero-order valence-corrected chi connectivity index (χ0v) is 10.7. The normalized spacial score (nSPS) is 9.85. The molecular formula is C7H10LiNaO4. The summed E-state index contributed by atoms with van der Waals surface area (Å²) < 4.78 is 0. The molecule has 0 aliphatic carbocycles. The predicted molar refractivity (Wildman–Crippen MR) is 33.0 cm³/mol. The maximum absolute atomic E-state index is 10.4. The van der Waals surface area contributed by atoms with Crippen molar-refractivity contribution in [1.82, 2.24) is 0 Å². The van der Waals surface area contributed by atoms with Gasteiger partial charge in [-0.25, -0.2) is 0 Å². The summed E-state index contributed by atoms with van der Waals surface area (Å²) in [4.78, 5) is 20.7. The van der Waals surface area contributed by atoms with E-state index in [1.165, 1.54) is 13.8 Å². The molecule has 0 heterocycles. The summed E-state index contributed by atoms with van der Waals surface area (Å²) in [5.41, 5.74) is -1.89. The van der Waals surface area contributed by atoms with Gasteiger partial charge < -0.3 is 19.8 Å². The van der Waals surface area contributed by atoms with Crippen molar-refractivity contribution in [2.45, 2.75) is 20.8 Å². The van der Waals surface area contributed by atoms with E-state index in [0.29, 0.717) is 0 Å². The first-order valence-electron chi connectivity index (χ1n) is 3.26. The third-order valence-electron chi connectivity index (χ3n) is 2.00. The van der Waals surface area contributed by atoms with Crippen molar-refractivity contribution >= 4 is 11.9 Å². The molecule has 0 radical (unpaired) electrons. The van der Waals surface area contributed by atoms with E-state index in [0.717, 1.165) is 6.92 Å². The van der Waals surface area contributed by atoms with E-state index in [2.05, 4.69) is 0 Å². The summed E-state index contributed by atoms with van der Waals surface area (Å²) in [6.45, 7) is 4.07. The molecule has 0 aromatic carbocycles. The number of carboxylic acids is 2. The van der Waals surface area contributed by atoms with Crippen LogP contribution in [-0.2, 0) is 9.59 Å². The van der Waals surface area contributed by atoms with E-state index >= 15 is 0 Å². The minimum absolute atomic E-state index is 0. The SMILES string of the molecule is CC(C)C(C)(C(=O)[O-])C(=O)[O-].[Li+].[Na+]. The third kappa shape index (κ3) is 4.05. The standard InChI is InChI=1S/C7H12O4.Li.Na/c1-4(2)7(3,5(8)9)6(10)11;;/h4H,1-3H3,(H,8,9)(H,10,11);;/q;2*+1/p-2. The van der Waals surface area contributed by atoms with Crippen LogP contribution in [0.4, 0.5) is 0 Å². The first kappa shape index (κ1) is 19.2. The van der Waals surface area contributed by atoms with Crippen LogP contribution in [-0.4, -0.2) is 11.9 Å². The van der Waals surface area contributed by atoms with Gasteiger partial charge in [0.25, 0.3) is 0 Å². The molecule has 4 nitrogen and oxygen atoms in total. The fourth-order valence-electron chi connectivity index (χ4n) is 0.555. The molecule has 13 heavy (non-hydrogen) atoms. The zero-order chi connectivity index (χ0) is 9.23. The van der Waals surface area contributed by atoms with Crippen LogP contribution in [0.25, 0.3) is 0 Å². The molecule has 6 heteroatoms. The Kier molecular flexibility index (Phi) is 10.2. The number of hydrogen-bond acceptors (Lipinski definition) is 4. The monoisotopic (exact) mass is 188 g/mol. The van der Waals surface area contributed by atoms with Gasteiger partial charge in [0.2, 0.25) is 0 Å². The van der Waals surface area contributed by atoms with Crippen molar-refractivity contribution in [2.75, 3.05) is 0 Å². The van der Waals surface area contributed by atoms with Crippen LogP contribution in [0.2, 0.25) is 0 Å². The topological polar surface area (TPSA) is 80.3 Å². The van der Waals surface area contributed by atoms with Gasteiger partial charge >= 0.3 is 48.4 Å². The molecule has 0 aliphatic rings. The average molecular weight is 188 g/mol. The Bertz CT molecular complexity index is 179. The maximum Gasteiger partial charge on any atom is 1.00 e. The van der Waals surface area contributed by atoms with Crippen LogP contribution < -0.4 is 58.6 Å². The Morgan fingerprint density at radius 2 is 1.38 bits per heavy atom. The molecule has 0 aliphatic heterocycles. The van der Waals surface area contributed by atoms with E-state index in [1.54, 1.807) is 0 Å². The Hall–Kier alpha value is 0.537.